The molecule has 2 aromatic heterocycles. The first-order chi connectivity index (χ1) is 14.6. The molecule has 30 heavy (non-hydrogen) atoms. The number of aromatic amines is 1. The first-order valence-electron chi connectivity index (χ1n) is 9.40. The van der Waals surface area contributed by atoms with Crippen molar-refractivity contribution in [3.05, 3.63) is 83.9 Å². The van der Waals surface area contributed by atoms with Gasteiger partial charge in [0.05, 0.1) is 0 Å². The molecule has 2 aromatic carbocycles. The Morgan fingerprint density at radius 2 is 1.90 bits per heavy atom. The first-order valence-corrected chi connectivity index (χ1v) is 9.40. The van der Waals surface area contributed by atoms with Crippen LogP contribution in [0.5, 0.6) is 0 Å². The third-order valence-corrected chi connectivity index (χ3v) is 4.87. The van der Waals surface area contributed by atoms with Crippen LogP contribution in [-0.4, -0.2) is 31.5 Å². The summed E-state index contributed by atoms with van der Waals surface area (Å²) in [5.74, 6) is -0.881. The molecule has 8 heteroatoms. The highest BCUT2D eigenvalue weighted by molar-refractivity contribution is 5.75. The Morgan fingerprint density at radius 3 is 2.57 bits per heavy atom. The maximum absolute atomic E-state index is 14.3. The maximum Gasteiger partial charge on any atom is 0.218 e. The van der Waals surface area contributed by atoms with Gasteiger partial charge in [-0.2, -0.15) is 5.21 Å². The fraction of sp³-hybridized carbons (Fsp3) is 0.136. The number of aromatic nitrogens is 5. The molecule has 0 saturated heterocycles. The Labute approximate surface area is 172 Å². The van der Waals surface area contributed by atoms with Gasteiger partial charge >= 0.3 is 0 Å². The normalized spacial score (nSPS) is 11.9. The molecule has 0 aliphatic rings. The second kappa shape index (κ2) is 8.60. The molecule has 4 aromatic rings. The Balaban J connectivity index is 1.61. The van der Waals surface area contributed by atoms with E-state index in [1.807, 2.05) is 36.4 Å². The first kappa shape index (κ1) is 19.4. The monoisotopic (exact) mass is 402 g/mol. The SMILES string of the molecule is NC(=O)CC(Cc1ccc(-c2cccnc2)cc1)c1cc(F)cc(-c2nn[nH]n2)c1. The highest BCUT2D eigenvalue weighted by Crippen LogP contribution is 2.29. The van der Waals surface area contributed by atoms with Gasteiger partial charge in [0.25, 0.3) is 0 Å². The van der Waals surface area contributed by atoms with Crippen molar-refractivity contribution in [2.24, 2.45) is 5.73 Å². The van der Waals surface area contributed by atoms with E-state index in [9.17, 15) is 9.18 Å². The van der Waals surface area contributed by atoms with Crippen LogP contribution < -0.4 is 5.73 Å². The minimum absolute atomic E-state index is 0.0967. The van der Waals surface area contributed by atoms with Crippen molar-refractivity contribution in [2.45, 2.75) is 18.8 Å². The summed E-state index contributed by atoms with van der Waals surface area (Å²) in [5, 5.41) is 13.7. The van der Waals surface area contributed by atoms with Crippen LogP contribution in [0, 0.1) is 5.82 Å². The summed E-state index contributed by atoms with van der Waals surface area (Å²) in [6.07, 6.45) is 4.16. The summed E-state index contributed by atoms with van der Waals surface area (Å²) in [4.78, 5) is 15.8. The summed E-state index contributed by atoms with van der Waals surface area (Å²) in [6, 6.07) is 16.4. The van der Waals surface area contributed by atoms with E-state index in [2.05, 4.69) is 25.6 Å². The van der Waals surface area contributed by atoms with E-state index < -0.39 is 11.7 Å². The van der Waals surface area contributed by atoms with Gasteiger partial charge in [-0.25, -0.2) is 4.39 Å². The van der Waals surface area contributed by atoms with Gasteiger partial charge < -0.3 is 5.73 Å². The lowest BCUT2D eigenvalue weighted by atomic mass is 9.87. The van der Waals surface area contributed by atoms with Crippen molar-refractivity contribution in [1.29, 1.82) is 0 Å². The number of nitrogens with two attached hydrogens (primary N) is 1. The molecule has 0 bridgehead atoms. The Hall–Kier alpha value is -3.94. The largest absolute Gasteiger partial charge is 0.370 e. The van der Waals surface area contributed by atoms with E-state index in [1.54, 1.807) is 18.5 Å². The zero-order chi connectivity index (χ0) is 20.9. The molecule has 150 valence electrons. The third kappa shape index (κ3) is 4.54. The number of carbonyl (C=O) groups excluding carboxylic acids is 1. The number of hydrogen-bond acceptors (Lipinski definition) is 5. The number of halogens is 1. The third-order valence-electron chi connectivity index (χ3n) is 4.87. The van der Waals surface area contributed by atoms with Crippen LogP contribution in [0.1, 0.15) is 23.5 Å². The lowest BCUT2D eigenvalue weighted by Crippen LogP contribution is -2.17. The van der Waals surface area contributed by atoms with Crippen LogP contribution in [0.4, 0.5) is 4.39 Å². The number of carbonyl (C=O) groups is 1. The molecule has 3 N–H and O–H groups in total. The average Bonchev–Trinajstić information content (AvgIpc) is 3.29. The summed E-state index contributed by atoms with van der Waals surface area (Å²) in [5.41, 5.74) is 9.70. The average molecular weight is 402 g/mol. The standard InChI is InChI=1S/C22H19FN6O/c23-20-10-18(9-19(11-20)22-26-28-29-27-22)17(12-21(24)30)8-14-3-5-15(6-4-14)16-2-1-7-25-13-16/h1-7,9-11,13,17H,8,12H2,(H2,24,30)(H,26,27,28,29). The molecule has 0 spiro atoms. The van der Waals surface area contributed by atoms with E-state index in [0.717, 1.165) is 16.7 Å². The summed E-state index contributed by atoms with van der Waals surface area (Å²) < 4.78 is 14.3. The van der Waals surface area contributed by atoms with Gasteiger partial charge in [0.15, 0.2) is 0 Å². The number of nitrogens with zero attached hydrogens (tertiary/aromatic N) is 4. The van der Waals surface area contributed by atoms with Crippen molar-refractivity contribution in [1.82, 2.24) is 25.6 Å². The van der Waals surface area contributed by atoms with E-state index in [4.69, 9.17) is 5.73 Å². The van der Waals surface area contributed by atoms with Crippen LogP contribution in [0.2, 0.25) is 0 Å². The quantitative estimate of drug-likeness (QED) is 0.493. The number of amides is 1. The fourth-order valence-electron chi connectivity index (χ4n) is 3.46. The smallest absolute Gasteiger partial charge is 0.218 e. The van der Waals surface area contributed by atoms with Crippen molar-refractivity contribution >= 4 is 5.91 Å². The highest BCUT2D eigenvalue weighted by atomic mass is 19.1. The molecule has 0 aliphatic carbocycles. The molecular weight excluding hydrogens is 383 g/mol. The van der Waals surface area contributed by atoms with E-state index in [0.29, 0.717) is 17.5 Å². The van der Waals surface area contributed by atoms with Crippen molar-refractivity contribution in [3.63, 3.8) is 0 Å². The van der Waals surface area contributed by atoms with Gasteiger partial charge in [-0.15, -0.1) is 10.2 Å². The summed E-state index contributed by atoms with van der Waals surface area (Å²) >= 11 is 0. The Bertz CT molecular complexity index is 1130. The van der Waals surface area contributed by atoms with Gasteiger partial charge in [0.1, 0.15) is 5.82 Å². The molecule has 0 aliphatic heterocycles. The lowest BCUT2D eigenvalue weighted by molar-refractivity contribution is -0.118. The molecule has 7 nitrogen and oxygen atoms in total. The second-order valence-electron chi connectivity index (χ2n) is 7.02. The predicted octanol–water partition coefficient (Wildman–Crippen LogP) is 3.27. The number of primary amides is 1. The number of benzene rings is 2. The Morgan fingerprint density at radius 1 is 1.07 bits per heavy atom. The van der Waals surface area contributed by atoms with Crippen LogP contribution in [0.3, 0.4) is 0 Å². The van der Waals surface area contributed by atoms with Crippen LogP contribution >= 0.6 is 0 Å². The molecule has 1 atom stereocenters. The minimum atomic E-state index is -0.447. The zero-order valence-corrected chi connectivity index (χ0v) is 16.0. The number of nitrogens with one attached hydrogen (secondary N) is 1. The second-order valence-corrected chi connectivity index (χ2v) is 7.02. The van der Waals surface area contributed by atoms with Crippen LogP contribution in [0.15, 0.2) is 67.0 Å². The molecule has 1 unspecified atom stereocenters. The topological polar surface area (TPSA) is 110 Å². The highest BCUT2D eigenvalue weighted by Gasteiger charge is 2.18. The molecule has 1 amide bonds. The molecular formula is C22H19FN6O. The number of pyridine rings is 1. The van der Waals surface area contributed by atoms with Gasteiger partial charge in [-0.1, -0.05) is 30.3 Å². The molecule has 0 saturated carbocycles. The van der Waals surface area contributed by atoms with E-state index in [-0.39, 0.29) is 18.2 Å². The molecule has 0 fully saturated rings. The van der Waals surface area contributed by atoms with Gasteiger partial charge in [0, 0.05) is 24.4 Å². The van der Waals surface area contributed by atoms with Gasteiger partial charge in [-0.3, -0.25) is 9.78 Å². The zero-order valence-electron chi connectivity index (χ0n) is 16.0. The number of rotatable bonds is 7. The van der Waals surface area contributed by atoms with Crippen molar-refractivity contribution in [2.75, 3.05) is 0 Å². The van der Waals surface area contributed by atoms with E-state index >= 15 is 0 Å². The fourth-order valence-corrected chi connectivity index (χ4v) is 3.46. The molecule has 0 radical (unpaired) electrons. The van der Waals surface area contributed by atoms with E-state index in [1.165, 1.54) is 12.1 Å². The summed E-state index contributed by atoms with van der Waals surface area (Å²) in [6.45, 7) is 0. The predicted molar refractivity (Wildman–Crippen MR) is 110 cm³/mol. The minimum Gasteiger partial charge on any atom is -0.370 e. The molecule has 4 rings (SSSR count). The number of H-pyrrole nitrogens is 1. The molecule has 2 heterocycles. The van der Waals surface area contributed by atoms with Crippen molar-refractivity contribution < 1.29 is 9.18 Å². The van der Waals surface area contributed by atoms with Gasteiger partial charge in [-0.05, 0) is 64.1 Å². The lowest BCUT2D eigenvalue weighted by Gasteiger charge is -2.17. The number of tetrazole rings is 1. The van der Waals surface area contributed by atoms with Crippen molar-refractivity contribution in [3.8, 4) is 22.5 Å². The summed E-state index contributed by atoms with van der Waals surface area (Å²) in [7, 11) is 0. The van der Waals surface area contributed by atoms with Crippen LogP contribution in [0.25, 0.3) is 22.5 Å². The van der Waals surface area contributed by atoms with Gasteiger partial charge in [0.2, 0.25) is 11.7 Å². The van der Waals surface area contributed by atoms with Crippen LogP contribution in [-0.2, 0) is 11.2 Å². The Kier molecular flexibility index (Phi) is 5.56. The number of hydrogen-bond donors (Lipinski definition) is 2. The maximum atomic E-state index is 14.3.